The van der Waals surface area contributed by atoms with E-state index in [9.17, 15) is 14.9 Å². The number of anilines is 2. The van der Waals surface area contributed by atoms with E-state index in [0.29, 0.717) is 19.7 Å². The molecule has 144 valence electrons. The van der Waals surface area contributed by atoms with Gasteiger partial charge in [0.1, 0.15) is 6.04 Å². The maximum Gasteiger partial charge on any atom is 0.353 e. The number of nitrogens with one attached hydrogen (secondary N) is 1. The van der Waals surface area contributed by atoms with Crippen LogP contribution in [0.5, 0.6) is 6.01 Å². The average molecular weight is 368 g/mol. The SMILES string of the molecule is CCCCOc1nc(N)c([N+](=O)[O-])c(N2CCNCC2C(=O)OCC)n1. The first kappa shape index (κ1) is 19.6. The van der Waals surface area contributed by atoms with Gasteiger partial charge in [-0.2, -0.15) is 9.97 Å². The Labute approximate surface area is 151 Å². The maximum absolute atomic E-state index is 12.3. The van der Waals surface area contributed by atoms with Gasteiger partial charge in [-0.15, -0.1) is 0 Å². The summed E-state index contributed by atoms with van der Waals surface area (Å²) in [5.74, 6) is -0.819. The second kappa shape index (κ2) is 9.13. The largest absolute Gasteiger partial charge is 0.464 e. The molecule has 1 saturated heterocycles. The number of nitro groups is 1. The third-order valence-electron chi connectivity index (χ3n) is 3.86. The molecule has 0 amide bonds. The Balaban J connectivity index is 2.42. The summed E-state index contributed by atoms with van der Waals surface area (Å²) >= 11 is 0. The van der Waals surface area contributed by atoms with E-state index in [-0.39, 0.29) is 30.8 Å². The Morgan fingerprint density at radius 3 is 2.88 bits per heavy atom. The molecule has 1 unspecified atom stereocenters. The number of rotatable bonds is 8. The van der Waals surface area contributed by atoms with Crippen molar-refractivity contribution in [1.29, 1.82) is 0 Å². The second-order valence-electron chi connectivity index (χ2n) is 5.69. The molecule has 3 N–H and O–H groups in total. The van der Waals surface area contributed by atoms with Gasteiger partial charge in [0.25, 0.3) is 0 Å². The van der Waals surface area contributed by atoms with Gasteiger partial charge in [-0.05, 0) is 13.3 Å². The molecule has 0 spiro atoms. The summed E-state index contributed by atoms with van der Waals surface area (Å²) in [5.41, 5.74) is 5.34. The highest BCUT2D eigenvalue weighted by molar-refractivity contribution is 5.83. The minimum atomic E-state index is -0.750. The molecule has 0 aromatic carbocycles. The van der Waals surface area contributed by atoms with Crippen LogP contribution in [0.2, 0.25) is 0 Å². The van der Waals surface area contributed by atoms with Crippen molar-refractivity contribution in [2.75, 3.05) is 43.5 Å². The number of hydrogen-bond donors (Lipinski definition) is 2. The Morgan fingerprint density at radius 1 is 1.46 bits per heavy atom. The fraction of sp³-hybridized carbons (Fsp3) is 0.667. The van der Waals surface area contributed by atoms with E-state index in [1.807, 2.05) is 6.92 Å². The Bertz CT molecular complexity index is 656. The number of nitrogens with zero attached hydrogens (tertiary/aromatic N) is 4. The highest BCUT2D eigenvalue weighted by Gasteiger charge is 2.37. The molecule has 11 nitrogen and oxygen atoms in total. The predicted octanol–water partition coefficient (Wildman–Crippen LogP) is 0.487. The quantitative estimate of drug-likeness (QED) is 0.287. The summed E-state index contributed by atoms with van der Waals surface area (Å²) in [5, 5.41) is 14.6. The normalized spacial score (nSPS) is 17.0. The highest BCUT2D eigenvalue weighted by Crippen LogP contribution is 2.34. The van der Waals surface area contributed by atoms with Gasteiger partial charge in [-0.25, -0.2) is 4.79 Å². The molecule has 11 heteroatoms. The van der Waals surface area contributed by atoms with E-state index in [4.69, 9.17) is 15.2 Å². The van der Waals surface area contributed by atoms with Crippen LogP contribution in [-0.4, -0.2) is 59.8 Å². The van der Waals surface area contributed by atoms with Gasteiger partial charge in [-0.1, -0.05) is 13.3 Å². The van der Waals surface area contributed by atoms with E-state index in [1.54, 1.807) is 6.92 Å². The van der Waals surface area contributed by atoms with Crippen LogP contribution in [0.15, 0.2) is 0 Å². The van der Waals surface area contributed by atoms with Gasteiger partial charge >= 0.3 is 17.7 Å². The van der Waals surface area contributed by atoms with Gasteiger partial charge in [-0.3, -0.25) is 10.1 Å². The lowest BCUT2D eigenvalue weighted by atomic mass is 10.2. The molecule has 0 saturated carbocycles. The fourth-order valence-corrected chi connectivity index (χ4v) is 2.59. The van der Waals surface area contributed by atoms with Crippen LogP contribution in [0.3, 0.4) is 0 Å². The average Bonchev–Trinajstić information content (AvgIpc) is 2.61. The molecule has 0 aliphatic carbocycles. The Hall–Kier alpha value is -2.69. The maximum atomic E-state index is 12.3. The number of carbonyl (C=O) groups is 1. The van der Waals surface area contributed by atoms with Crippen LogP contribution in [0.1, 0.15) is 26.7 Å². The first-order chi connectivity index (χ1) is 12.5. The standard InChI is InChI=1S/C15H24N6O5/c1-3-5-8-26-15-18-12(16)11(21(23)24)13(19-15)20-7-6-17-9-10(20)14(22)25-4-2/h10,17H,3-9H2,1-2H3,(H2,16,18,19). The first-order valence-electron chi connectivity index (χ1n) is 8.58. The van der Waals surface area contributed by atoms with Crippen LogP contribution in [0.25, 0.3) is 0 Å². The molecule has 1 aliphatic heterocycles. The molecule has 0 radical (unpaired) electrons. The topological polar surface area (TPSA) is 146 Å². The number of hydrogen-bond acceptors (Lipinski definition) is 10. The third-order valence-corrected chi connectivity index (χ3v) is 3.86. The molecule has 2 rings (SSSR count). The van der Waals surface area contributed by atoms with Gasteiger partial charge in [0.15, 0.2) is 0 Å². The lowest BCUT2D eigenvalue weighted by molar-refractivity contribution is -0.383. The number of piperazine rings is 1. The van der Waals surface area contributed by atoms with Crippen molar-refractivity contribution in [3.05, 3.63) is 10.1 Å². The summed E-state index contributed by atoms with van der Waals surface area (Å²) in [6, 6.07) is -0.794. The molecule has 1 aromatic rings. The van der Waals surface area contributed by atoms with E-state index < -0.39 is 22.6 Å². The van der Waals surface area contributed by atoms with Crippen molar-refractivity contribution in [2.45, 2.75) is 32.7 Å². The molecule has 1 aromatic heterocycles. The van der Waals surface area contributed by atoms with Gasteiger partial charge < -0.3 is 25.4 Å². The van der Waals surface area contributed by atoms with Crippen molar-refractivity contribution in [3.8, 4) is 6.01 Å². The Kier molecular flexibility index (Phi) is 6.89. The van der Waals surface area contributed by atoms with Crippen LogP contribution in [0, 0.1) is 10.1 Å². The molecular weight excluding hydrogens is 344 g/mol. The number of carbonyl (C=O) groups excluding carboxylic acids is 1. The van der Waals surface area contributed by atoms with Crippen LogP contribution in [0.4, 0.5) is 17.3 Å². The predicted molar refractivity (Wildman–Crippen MR) is 94.1 cm³/mol. The minimum absolute atomic E-state index is 0.0337. The van der Waals surface area contributed by atoms with Crippen molar-refractivity contribution < 1.29 is 19.2 Å². The second-order valence-corrected chi connectivity index (χ2v) is 5.69. The summed E-state index contributed by atoms with van der Waals surface area (Å²) < 4.78 is 10.5. The monoisotopic (exact) mass is 368 g/mol. The fourth-order valence-electron chi connectivity index (χ4n) is 2.59. The number of nitrogen functional groups attached to an aromatic ring is 1. The number of aromatic nitrogens is 2. The van der Waals surface area contributed by atoms with E-state index in [0.717, 1.165) is 12.8 Å². The van der Waals surface area contributed by atoms with Crippen molar-refractivity contribution in [1.82, 2.24) is 15.3 Å². The zero-order chi connectivity index (χ0) is 19.1. The molecule has 2 heterocycles. The molecular formula is C15H24N6O5. The third kappa shape index (κ3) is 4.48. The minimum Gasteiger partial charge on any atom is -0.464 e. The van der Waals surface area contributed by atoms with Gasteiger partial charge in [0.05, 0.1) is 18.1 Å². The van der Waals surface area contributed by atoms with Crippen LogP contribution < -0.4 is 20.7 Å². The highest BCUT2D eigenvalue weighted by atomic mass is 16.6. The summed E-state index contributed by atoms with van der Waals surface area (Å²) in [6.45, 7) is 5.43. The number of unbranched alkanes of at least 4 members (excludes halogenated alkanes) is 1. The summed E-state index contributed by atoms with van der Waals surface area (Å²) in [6.07, 6.45) is 1.70. The zero-order valence-corrected chi connectivity index (χ0v) is 14.9. The molecule has 0 bridgehead atoms. The smallest absolute Gasteiger partial charge is 0.353 e. The van der Waals surface area contributed by atoms with Gasteiger partial charge in [0.2, 0.25) is 11.6 Å². The van der Waals surface area contributed by atoms with E-state index in [2.05, 4.69) is 15.3 Å². The molecule has 1 aliphatic rings. The van der Waals surface area contributed by atoms with Crippen molar-refractivity contribution in [2.24, 2.45) is 0 Å². The number of ether oxygens (including phenoxy) is 2. The summed E-state index contributed by atoms with van der Waals surface area (Å²) in [4.78, 5) is 32.7. The van der Waals surface area contributed by atoms with Crippen LogP contribution in [-0.2, 0) is 9.53 Å². The lowest BCUT2D eigenvalue weighted by Crippen LogP contribution is -2.56. The lowest BCUT2D eigenvalue weighted by Gasteiger charge is -2.34. The zero-order valence-electron chi connectivity index (χ0n) is 14.9. The van der Waals surface area contributed by atoms with Crippen LogP contribution >= 0.6 is 0 Å². The van der Waals surface area contributed by atoms with E-state index >= 15 is 0 Å². The van der Waals surface area contributed by atoms with E-state index in [1.165, 1.54) is 4.90 Å². The Morgan fingerprint density at radius 2 is 2.23 bits per heavy atom. The number of nitrogens with two attached hydrogens (primary N) is 1. The van der Waals surface area contributed by atoms with Crippen molar-refractivity contribution in [3.63, 3.8) is 0 Å². The van der Waals surface area contributed by atoms with Crippen molar-refractivity contribution >= 4 is 23.3 Å². The van der Waals surface area contributed by atoms with Gasteiger partial charge in [0, 0.05) is 19.6 Å². The number of esters is 1. The molecule has 26 heavy (non-hydrogen) atoms. The first-order valence-corrected chi connectivity index (χ1v) is 8.58. The molecule has 1 fully saturated rings. The molecule has 1 atom stereocenters. The summed E-state index contributed by atoms with van der Waals surface area (Å²) in [7, 11) is 0.